The number of carbonyl (C=O) groups is 1. The third kappa shape index (κ3) is 2.65. The standard InChI is InChI=1S/C11H10BrN3O2/c1-15-6-8(5-13-15)14-10-3-2-7(12)4-9(10)11(16)17/h2-6,14H,1H3,(H,16,17). The topological polar surface area (TPSA) is 67.2 Å². The highest BCUT2D eigenvalue weighted by Gasteiger charge is 2.11. The minimum Gasteiger partial charge on any atom is -0.478 e. The monoisotopic (exact) mass is 295 g/mol. The maximum atomic E-state index is 11.1. The fourth-order valence-corrected chi connectivity index (χ4v) is 1.80. The second kappa shape index (κ2) is 4.58. The van der Waals surface area contributed by atoms with Gasteiger partial charge in [0, 0.05) is 17.7 Å². The van der Waals surface area contributed by atoms with E-state index in [4.69, 9.17) is 5.11 Å². The largest absolute Gasteiger partial charge is 0.478 e. The summed E-state index contributed by atoms with van der Waals surface area (Å²) in [4.78, 5) is 11.1. The Balaban J connectivity index is 2.35. The first-order valence-electron chi connectivity index (χ1n) is 4.85. The van der Waals surface area contributed by atoms with Crippen molar-refractivity contribution in [1.82, 2.24) is 9.78 Å². The van der Waals surface area contributed by atoms with Crippen molar-refractivity contribution in [2.24, 2.45) is 7.05 Å². The SMILES string of the molecule is Cn1cc(Nc2ccc(Br)cc2C(=O)O)cn1. The van der Waals surface area contributed by atoms with Crippen LogP contribution in [-0.4, -0.2) is 20.9 Å². The highest BCUT2D eigenvalue weighted by atomic mass is 79.9. The second-order valence-corrected chi connectivity index (χ2v) is 4.44. The lowest BCUT2D eigenvalue weighted by molar-refractivity contribution is 0.0698. The Kier molecular flexibility index (Phi) is 3.14. The molecule has 0 amide bonds. The number of carboxylic acid groups (broad SMARTS) is 1. The van der Waals surface area contributed by atoms with Crippen LogP contribution in [0.2, 0.25) is 0 Å². The van der Waals surface area contributed by atoms with E-state index in [-0.39, 0.29) is 5.56 Å². The first-order chi connectivity index (χ1) is 8.06. The number of hydrogen-bond donors (Lipinski definition) is 2. The number of carboxylic acids is 1. The van der Waals surface area contributed by atoms with Crippen LogP contribution < -0.4 is 5.32 Å². The van der Waals surface area contributed by atoms with E-state index < -0.39 is 5.97 Å². The van der Waals surface area contributed by atoms with Gasteiger partial charge in [-0.2, -0.15) is 5.10 Å². The molecule has 0 unspecified atom stereocenters. The molecule has 1 aromatic heterocycles. The van der Waals surface area contributed by atoms with E-state index in [0.717, 1.165) is 10.2 Å². The molecule has 0 radical (unpaired) electrons. The lowest BCUT2D eigenvalue weighted by Gasteiger charge is -2.07. The van der Waals surface area contributed by atoms with Gasteiger partial charge in [0.2, 0.25) is 0 Å². The van der Waals surface area contributed by atoms with Crippen molar-refractivity contribution in [3.8, 4) is 0 Å². The van der Waals surface area contributed by atoms with Gasteiger partial charge in [-0.1, -0.05) is 15.9 Å². The van der Waals surface area contributed by atoms with E-state index in [2.05, 4.69) is 26.3 Å². The molecule has 5 nitrogen and oxygen atoms in total. The normalized spacial score (nSPS) is 10.2. The third-order valence-corrected chi connectivity index (χ3v) is 2.69. The number of aromatic carboxylic acids is 1. The third-order valence-electron chi connectivity index (χ3n) is 2.20. The number of nitrogens with one attached hydrogen (secondary N) is 1. The zero-order valence-corrected chi connectivity index (χ0v) is 10.6. The van der Waals surface area contributed by atoms with Crippen LogP contribution >= 0.6 is 15.9 Å². The molecular weight excluding hydrogens is 286 g/mol. The van der Waals surface area contributed by atoms with Gasteiger partial charge in [0.05, 0.1) is 23.1 Å². The molecule has 0 aliphatic carbocycles. The van der Waals surface area contributed by atoms with E-state index in [1.54, 1.807) is 42.3 Å². The van der Waals surface area contributed by atoms with E-state index in [1.807, 2.05) is 0 Å². The molecule has 0 spiro atoms. The van der Waals surface area contributed by atoms with Crippen LogP contribution in [0.25, 0.3) is 0 Å². The molecule has 0 atom stereocenters. The van der Waals surface area contributed by atoms with Crippen LogP contribution in [0.1, 0.15) is 10.4 Å². The van der Waals surface area contributed by atoms with Crippen molar-refractivity contribution in [2.75, 3.05) is 5.32 Å². The van der Waals surface area contributed by atoms with Crippen molar-refractivity contribution < 1.29 is 9.90 Å². The van der Waals surface area contributed by atoms with Gasteiger partial charge in [-0.05, 0) is 18.2 Å². The molecule has 88 valence electrons. The van der Waals surface area contributed by atoms with Crippen LogP contribution in [0.5, 0.6) is 0 Å². The molecule has 17 heavy (non-hydrogen) atoms. The van der Waals surface area contributed by atoms with Crippen molar-refractivity contribution in [3.05, 3.63) is 40.6 Å². The van der Waals surface area contributed by atoms with Crippen molar-refractivity contribution in [2.45, 2.75) is 0 Å². The van der Waals surface area contributed by atoms with E-state index in [9.17, 15) is 4.79 Å². The second-order valence-electron chi connectivity index (χ2n) is 3.52. The van der Waals surface area contributed by atoms with Crippen molar-refractivity contribution >= 4 is 33.3 Å². The minimum atomic E-state index is -0.974. The first-order valence-corrected chi connectivity index (χ1v) is 5.64. The Hall–Kier alpha value is -1.82. The summed E-state index contributed by atoms with van der Waals surface area (Å²) in [6.45, 7) is 0. The number of halogens is 1. The lowest BCUT2D eigenvalue weighted by atomic mass is 10.2. The Morgan fingerprint density at radius 3 is 2.88 bits per heavy atom. The molecule has 1 aromatic carbocycles. The Bertz CT molecular complexity index is 566. The lowest BCUT2D eigenvalue weighted by Crippen LogP contribution is -2.02. The van der Waals surface area contributed by atoms with Crippen molar-refractivity contribution in [3.63, 3.8) is 0 Å². The molecule has 0 saturated carbocycles. The molecule has 0 bridgehead atoms. The van der Waals surface area contributed by atoms with Crippen LogP contribution in [0.3, 0.4) is 0 Å². The molecule has 0 saturated heterocycles. The Morgan fingerprint density at radius 1 is 1.53 bits per heavy atom. The number of benzene rings is 1. The summed E-state index contributed by atoms with van der Waals surface area (Å²) in [5.41, 5.74) is 1.49. The quantitative estimate of drug-likeness (QED) is 0.913. The smallest absolute Gasteiger partial charge is 0.337 e. The van der Waals surface area contributed by atoms with Gasteiger partial charge in [0.25, 0.3) is 0 Å². The summed E-state index contributed by atoms with van der Waals surface area (Å²) in [6.07, 6.45) is 3.40. The number of aromatic nitrogens is 2. The van der Waals surface area contributed by atoms with Crippen LogP contribution in [0.4, 0.5) is 11.4 Å². The van der Waals surface area contributed by atoms with Gasteiger partial charge in [0.15, 0.2) is 0 Å². The van der Waals surface area contributed by atoms with Gasteiger partial charge in [-0.25, -0.2) is 4.79 Å². The molecule has 1 heterocycles. The fourth-order valence-electron chi connectivity index (χ4n) is 1.44. The molecule has 0 fully saturated rings. The summed E-state index contributed by atoms with van der Waals surface area (Å²) in [5.74, 6) is -0.974. The summed E-state index contributed by atoms with van der Waals surface area (Å²) in [5, 5.41) is 16.1. The van der Waals surface area contributed by atoms with Crippen molar-refractivity contribution in [1.29, 1.82) is 0 Å². The van der Waals surface area contributed by atoms with Gasteiger partial charge >= 0.3 is 5.97 Å². The minimum absolute atomic E-state index is 0.211. The maximum absolute atomic E-state index is 11.1. The Labute approximate surface area is 106 Å². The van der Waals surface area contributed by atoms with E-state index >= 15 is 0 Å². The predicted octanol–water partition coefficient (Wildman–Crippen LogP) is 2.62. The number of nitrogens with zero attached hydrogens (tertiary/aromatic N) is 2. The highest BCUT2D eigenvalue weighted by Crippen LogP contribution is 2.24. The molecule has 2 aromatic rings. The average molecular weight is 296 g/mol. The predicted molar refractivity (Wildman–Crippen MR) is 67.6 cm³/mol. The highest BCUT2D eigenvalue weighted by molar-refractivity contribution is 9.10. The van der Waals surface area contributed by atoms with E-state index in [1.165, 1.54) is 0 Å². The number of anilines is 2. The number of aryl methyl sites for hydroxylation is 1. The number of rotatable bonds is 3. The summed E-state index contributed by atoms with van der Waals surface area (Å²) in [6, 6.07) is 5.05. The molecule has 2 N–H and O–H groups in total. The number of hydrogen-bond acceptors (Lipinski definition) is 3. The molecule has 0 aliphatic rings. The summed E-state index contributed by atoms with van der Waals surface area (Å²) >= 11 is 3.25. The molecule has 6 heteroatoms. The van der Waals surface area contributed by atoms with Crippen LogP contribution in [0.15, 0.2) is 35.1 Å². The Morgan fingerprint density at radius 2 is 2.29 bits per heavy atom. The molecule has 2 rings (SSSR count). The first kappa shape index (κ1) is 11.7. The molecular formula is C11H10BrN3O2. The van der Waals surface area contributed by atoms with E-state index in [0.29, 0.717) is 5.69 Å². The van der Waals surface area contributed by atoms with Gasteiger partial charge in [0.1, 0.15) is 0 Å². The average Bonchev–Trinajstić information content (AvgIpc) is 2.66. The van der Waals surface area contributed by atoms with Gasteiger partial charge in [-0.15, -0.1) is 0 Å². The fraction of sp³-hybridized carbons (Fsp3) is 0.0909. The zero-order valence-electron chi connectivity index (χ0n) is 9.01. The zero-order chi connectivity index (χ0) is 12.4. The van der Waals surface area contributed by atoms with Crippen LogP contribution in [-0.2, 0) is 7.05 Å². The maximum Gasteiger partial charge on any atom is 0.337 e. The summed E-state index contributed by atoms with van der Waals surface area (Å²) in [7, 11) is 1.80. The summed E-state index contributed by atoms with van der Waals surface area (Å²) < 4.78 is 2.37. The molecule has 0 aliphatic heterocycles. The van der Waals surface area contributed by atoms with Crippen LogP contribution in [0, 0.1) is 0 Å². The van der Waals surface area contributed by atoms with Gasteiger partial charge < -0.3 is 10.4 Å². The van der Waals surface area contributed by atoms with Gasteiger partial charge in [-0.3, -0.25) is 4.68 Å².